The van der Waals surface area contributed by atoms with Crippen LogP contribution in [-0.4, -0.2) is 61.5 Å². The number of anilines is 1. The fourth-order valence-electron chi connectivity index (χ4n) is 4.40. The number of nitrogens with zero attached hydrogens (tertiary/aromatic N) is 6. The molecule has 0 radical (unpaired) electrons. The summed E-state index contributed by atoms with van der Waals surface area (Å²) >= 11 is 0. The van der Waals surface area contributed by atoms with Crippen molar-refractivity contribution in [2.75, 3.05) is 24.8 Å². The number of benzene rings is 1. The summed E-state index contributed by atoms with van der Waals surface area (Å²) in [4.78, 5) is 4.50. The number of sulfonamides is 1. The summed E-state index contributed by atoms with van der Waals surface area (Å²) < 4.78 is 44.2. The standard InChI is InChI=1S/C26H34N6O4SSi/c1-30-25-20(15-28-30)7-6-8-23(25)32(19-36-13-14-38(3,4)5)37(33,34)22-9-10-24(27-17-22)31-18-21(16-29-31)26(35-2)11-12-26/h6-10,15-18H,11-14,19H2,1-5H3. The lowest BCUT2D eigenvalue weighted by Crippen LogP contribution is -2.34. The van der Waals surface area contributed by atoms with Gasteiger partial charge in [-0.25, -0.2) is 22.4 Å². The molecule has 12 heteroatoms. The SMILES string of the molecule is COC1(c2cnn(-c3ccc(S(=O)(=O)N(COCC[Si](C)(C)C)c4cccc5cnn(C)c45)cn3)c2)CC1. The number of aromatic nitrogens is 5. The minimum atomic E-state index is -4.00. The van der Waals surface area contributed by atoms with Crippen LogP contribution in [0.15, 0.2) is 60.0 Å². The third kappa shape index (κ3) is 5.13. The molecule has 1 fully saturated rings. The number of aryl methyl sites for hydroxylation is 1. The first-order valence-corrected chi connectivity index (χ1v) is 17.8. The van der Waals surface area contributed by atoms with Crippen molar-refractivity contribution in [1.82, 2.24) is 24.5 Å². The number of fused-ring (bicyclic) bond motifs is 1. The summed E-state index contributed by atoms with van der Waals surface area (Å²) in [5.74, 6) is 0.522. The Kier molecular flexibility index (Phi) is 6.92. The number of hydrogen-bond acceptors (Lipinski definition) is 7. The summed E-state index contributed by atoms with van der Waals surface area (Å²) in [7, 11) is -1.84. The summed E-state index contributed by atoms with van der Waals surface area (Å²) in [5.41, 5.74) is 1.95. The molecule has 1 aliphatic rings. The molecule has 38 heavy (non-hydrogen) atoms. The van der Waals surface area contributed by atoms with Gasteiger partial charge in [0.25, 0.3) is 10.0 Å². The second-order valence-electron chi connectivity index (χ2n) is 10.9. The highest BCUT2D eigenvalue weighted by molar-refractivity contribution is 7.92. The van der Waals surface area contributed by atoms with Crippen molar-refractivity contribution in [3.05, 3.63) is 60.7 Å². The van der Waals surface area contributed by atoms with Crippen molar-refractivity contribution < 1.29 is 17.9 Å². The van der Waals surface area contributed by atoms with Gasteiger partial charge in [0, 0.05) is 52.2 Å². The molecule has 4 aromatic rings. The molecule has 0 saturated heterocycles. The smallest absolute Gasteiger partial charge is 0.267 e. The number of pyridine rings is 1. The molecule has 0 bridgehead atoms. The van der Waals surface area contributed by atoms with Crippen molar-refractivity contribution in [3.63, 3.8) is 0 Å². The van der Waals surface area contributed by atoms with Gasteiger partial charge in [0.2, 0.25) is 0 Å². The lowest BCUT2D eigenvalue weighted by atomic mass is 10.2. The molecule has 1 aliphatic carbocycles. The number of para-hydroxylation sites is 1. The largest absolute Gasteiger partial charge is 0.373 e. The normalized spacial score (nSPS) is 15.2. The van der Waals surface area contributed by atoms with Crippen LogP contribution in [0.25, 0.3) is 16.7 Å². The Balaban J connectivity index is 1.45. The van der Waals surface area contributed by atoms with E-state index in [1.807, 2.05) is 18.3 Å². The number of rotatable bonds is 11. The van der Waals surface area contributed by atoms with E-state index in [1.54, 1.807) is 54.1 Å². The van der Waals surface area contributed by atoms with Gasteiger partial charge in [-0.1, -0.05) is 31.8 Å². The zero-order chi connectivity index (χ0) is 27.1. The predicted molar refractivity (Wildman–Crippen MR) is 149 cm³/mol. The Labute approximate surface area is 224 Å². The summed E-state index contributed by atoms with van der Waals surface area (Å²) in [6, 6.07) is 9.66. The summed E-state index contributed by atoms with van der Waals surface area (Å²) in [5, 5.41) is 9.58. The highest BCUT2D eigenvalue weighted by Crippen LogP contribution is 2.48. The van der Waals surface area contributed by atoms with Crippen LogP contribution in [0.5, 0.6) is 0 Å². The van der Waals surface area contributed by atoms with E-state index in [0.29, 0.717) is 23.6 Å². The minimum absolute atomic E-state index is 0.0668. The molecule has 0 atom stereocenters. The fraction of sp³-hybridized carbons (Fsp3) is 0.423. The third-order valence-electron chi connectivity index (χ3n) is 6.96. The summed E-state index contributed by atoms with van der Waals surface area (Å²) in [6.07, 6.45) is 8.66. The zero-order valence-electron chi connectivity index (χ0n) is 22.5. The van der Waals surface area contributed by atoms with E-state index < -0.39 is 18.1 Å². The van der Waals surface area contributed by atoms with Crippen LogP contribution >= 0.6 is 0 Å². The van der Waals surface area contributed by atoms with Gasteiger partial charge in [0.1, 0.15) is 11.6 Å². The van der Waals surface area contributed by atoms with Crippen LogP contribution in [0, 0.1) is 0 Å². The molecule has 1 saturated carbocycles. The van der Waals surface area contributed by atoms with Crippen LogP contribution < -0.4 is 4.31 Å². The van der Waals surface area contributed by atoms with E-state index in [4.69, 9.17) is 9.47 Å². The number of ether oxygens (including phenoxy) is 2. The van der Waals surface area contributed by atoms with Gasteiger partial charge in [0.05, 0.1) is 29.2 Å². The van der Waals surface area contributed by atoms with E-state index in [9.17, 15) is 8.42 Å². The third-order valence-corrected chi connectivity index (χ3v) is 10.4. The average Bonchev–Trinajstić information content (AvgIpc) is 3.35. The second kappa shape index (κ2) is 9.91. The molecular weight excluding hydrogens is 520 g/mol. The molecule has 0 amide bonds. The van der Waals surface area contributed by atoms with Gasteiger partial charge in [-0.15, -0.1) is 0 Å². The lowest BCUT2D eigenvalue weighted by Gasteiger charge is -2.26. The number of hydrogen-bond donors (Lipinski definition) is 0. The second-order valence-corrected chi connectivity index (χ2v) is 18.4. The quantitative estimate of drug-likeness (QED) is 0.155. The molecule has 0 unspecified atom stereocenters. The van der Waals surface area contributed by atoms with E-state index in [0.717, 1.165) is 29.8 Å². The van der Waals surface area contributed by atoms with Gasteiger partial charge < -0.3 is 9.47 Å². The van der Waals surface area contributed by atoms with Crippen molar-refractivity contribution in [2.24, 2.45) is 7.05 Å². The molecule has 3 heterocycles. The molecule has 0 N–H and O–H groups in total. The minimum Gasteiger partial charge on any atom is -0.373 e. The molecule has 5 rings (SSSR count). The Morgan fingerprint density at radius 3 is 2.53 bits per heavy atom. The van der Waals surface area contributed by atoms with Crippen molar-refractivity contribution in [2.45, 2.75) is 49.0 Å². The first kappa shape index (κ1) is 26.5. The number of methoxy groups -OCH3 is 1. The Morgan fingerprint density at radius 2 is 1.87 bits per heavy atom. The monoisotopic (exact) mass is 554 g/mol. The molecular formula is C26H34N6O4SSi. The van der Waals surface area contributed by atoms with Crippen LogP contribution in [0.1, 0.15) is 18.4 Å². The molecule has 3 aromatic heterocycles. The Hall–Kier alpha value is -3.06. The van der Waals surface area contributed by atoms with E-state index in [2.05, 4.69) is 34.8 Å². The molecule has 0 aliphatic heterocycles. The lowest BCUT2D eigenvalue weighted by molar-refractivity contribution is 0.0789. The van der Waals surface area contributed by atoms with E-state index in [1.165, 1.54) is 10.5 Å². The van der Waals surface area contributed by atoms with Gasteiger partial charge in [-0.2, -0.15) is 10.2 Å². The first-order valence-electron chi connectivity index (χ1n) is 12.6. The molecule has 10 nitrogen and oxygen atoms in total. The van der Waals surface area contributed by atoms with E-state index in [-0.39, 0.29) is 17.2 Å². The molecule has 0 spiro atoms. The van der Waals surface area contributed by atoms with Crippen LogP contribution in [0.3, 0.4) is 0 Å². The maximum atomic E-state index is 14.0. The van der Waals surface area contributed by atoms with Gasteiger partial charge >= 0.3 is 0 Å². The highest BCUT2D eigenvalue weighted by atomic mass is 32.2. The Morgan fingerprint density at radius 1 is 1.08 bits per heavy atom. The molecule has 202 valence electrons. The van der Waals surface area contributed by atoms with Gasteiger partial charge in [-0.05, 0) is 37.1 Å². The van der Waals surface area contributed by atoms with Crippen molar-refractivity contribution in [3.8, 4) is 5.82 Å². The fourth-order valence-corrected chi connectivity index (χ4v) is 6.46. The van der Waals surface area contributed by atoms with Crippen molar-refractivity contribution >= 4 is 34.7 Å². The highest BCUT2D eigenvalue weighted by Gasteiger charge is 2.45. The maximum absolute atomic E-state index is 14.0. The van der Waals surface area contributed by atoms with Crippen LogP contribution in [-0.2, 0) is 32.1 Å². The maximum Gasteiger partial charge on any atom is 0.267 e. The van der Waals surface area contributed by atoms with Gasteiger partial charge in [0.15, 0.2) is 5.82 Å². The van der Waals surface area contributed by atoms with Crippen LogP contribution in [0.2, 0.25) is 25.7 Å². The molecule has 1 aromatic carbocycles. The topological polar surface area (TPSA) is 104 Å². The zero-order valence-corrected chi connectivity index (χ0v) is 24.3. The average molecular weight is 555 g/mol. The summed E-state index contributed by atoms with van der Waals surface area (Å²) in [6.45, 7) is 7.16. The predicted octanol–water partition coefficient (Wildman–Crippen LogP) is 4.30. The Bertz CT molecular complexity index is 1540. The van der Waals surface area contributed by atoms with Crippen molar-refractivity contribution in [1.29, 1.82) is 0 Å². The van der Waals surface area contributed by atoms with Gasteiger partial charge in [-0.3, -0.25) is 4.68 Å². The van der Waals surface area contributed by atoms with E-state index >= 15 is 0 Å². The first-order chi connectivity index (χ1) is 18.0. The van der Waals surface area contributed by atoms with Crippen LogP contribution in [0.4, 0.5) is 5.69 Å².